The molecule has 1 aromatic rings. The van der Waals surface area contributed by atoms with Gasteiger partial charge in [0.2, 0.25) is 5.91 Å². The zero-order valence-electron chi connectivity index (χ0n) is 12.5. The van der Waals surface area contributed by atoms with E-state index in [1.807, 2.05) is 6.08 Å². The predicted molar refractivity (Wildman–Crippen MR) is 81.9 cm³/mol. The fourth-order valence-corrected chi connectivity index (χ4v) is 2.76. The Kier molecular flexibility index (Phi) is 4.63. The maximum Gasteiger partial charge on any atom is 0.223 e. The Labute approximate surface area is 129 Å². The van der Waals surface area contributed by atoms with Crippen LogP contribution in [-0.2, 0) is 4.79 Å². The van der Waals surface area contributed by atoms with Crippen LogP contribution in [-0.4, -0.2) is 30.8 Å². The lowest BCUT2D eigenvalue weighted by molar-refractivity contribution is -0.125. The molecule has 0 bridgehead atoms. The molecule has 2 N–H and O–H groups in total. The molecule has 0 aromatic heterocycles. The highest BCUT2D eigenvalue weighted by Crippen LogP contribution is 2.32. The quantitative estimate of drug-likeness (QED) is 0.835. The molecule has 5 heteroatoms. The number of rotatable bonds is 4. The number of hydrogen-bond acceptors (Lipinski definition) is 4. The van der Waals surface area contributed by atoms with Gasteiger partial charge in [-0.1, -0.05) is 18.2 Å². The van der Waals surface area contributed by atoms with Gasteiger partial charge in [0.25, 0.3) is 0 Å². The highest BCUT2D eigenvalue weighted by atomic mass is 16.6. The number of benzene rings is 1. The summed E-state index contributed by atoms with van der Waals surface area (Å²) in [5, 5.41) is 13.1. The van der Waals surface area contributed by atoms with Gasteiger partial charge in [0.15, 0.2) is 11.5 Å². The molecular weight excluding hydrogens is 282 g/mol. The van der Waals surface area contributed by atoms with Crippen LogP contribution in [0.25, 0.3) is 0 Å². The van der Waals surface area contributed by atoms with Crippen molar-refractivity contribution in [3.8, 4) is 11.5 Å². The molecule has 1 aromatic carbocycles. The van der Waals surface area contributed by atoms with Crippen LogP contribution in [0.2, 0.25) is 0 Å². The van der Waals surface area contributed by atoms with E-state index < -0.39 is 6.10 Å². The zero-order valence-corrected chi connectivity index (χ0v) is 12.5. The average molecular weight is 303 g/mol. The Hall–Kier alpha value is -2.01. The van der Waals surface area contributed by atoms with Gasteiger partial charge in [-0.05, 0) is 37.0 Å². The van der Waals surface area contributed by atoms with Crippen LogP contribution >= 0.6 is 0 Å². The van der Waals surface area contributed by atoms with E-state index >= 15 is 0 Å². The predicted octanol–water partition coefficient (Wildman–Crippen LogP) is 1.96. The number of aliphatic hydroxyl groups excluding tert-OH is 1. The van der Waals surface area contributed by atoms with E-state index in [1.54, 1.807) is 18.2 Å². The summed E-state index contributed by atoms with van der Waals surface area (Å²) in [5.41, 5.74) is 0.716. The van der Waals surface area contributed by atoms with E-state index in [1.165, 1.54) is 0 Å². The molecule has 0 unspecified atom stereocenters. The van der Waals surface area contributed by atoms with Crippen LogP contribution < -0.4 is 14.8 Å². The molecule has 0 saturated heterocycles. The van der Waals surface area contributed by atoms with Gasteiger partial charge >= 0.3 is 0 Å². The highest BCUT2D eigenvalue weighted by molar-refractivity contribution is 5.79. The van der Waals surface area contributed by atoms with Gasteiger partial charge in [-0.2, -0.15) is 0 Å². The molecule has 0 fully saturated rings. The first-order chi connectivity index (χ1) is 10.7. The summed E-state index contributed by atoms with van der Waals surface area (Å²) in [7, 11) is 0. The smallest absolute Gasteiger partial charge is 0.223 e. The number of aliphatic hydroxyl groups is 1. The first-order valence-electron chi connectivity index (χ1n) is 7.74. The van der Waals surface area contributed by atoms with Crippen LogP contribution in [0.3, 0.4) is 0 Å². The van der Waals surface area contributed by atoms with Crippen molar-refractivity contribution in [1.82, 2.24) is 5.32 Å². The topological polar surface area (TPSA) is 67.8 Å². The Balaban J connectivity index is 1.56. The fraction of sp³-hybridized carbons (Fsp3) is 0.471. The summed E-state index contributed by atoms with van der Waals surface area (Å²) >= 11 is 0. The van der Waals surface area contributed by atoms with Gasteiger partial charge in [-0.25, -0.2) is 0 Å². The van der Waals surface area contributed by atoms with E-state index in [0.29, 0.717) is 30.3 Å². The number of carbonyl (C=O) groups is 1. The molecule has 0 saturated carbocycles. The number of fused-ring (bicyclic) bond motifs is 1. The van der Waals surface area contributed by atoms with Crippen molar-refractivity contribution in [3.05, 3.63) is 35.9 Å². The molecule has 5 nitrogen and oxygen atoms in total. The number of allylic oxidation sites excluding steroid dienone is 2. The number of hydrogen-bond donors (Lipinski definition) is 2. The summed E-state index contributed by atoms with van der Waals surface area (Å²) in [5.74, 6) is 1.38. The van der Waals surface area contributed by atoms with Crippen LogP contribution in [0.1, 0.15) is 30.9 Å². The van der Waals surface area contributed by atoms with Gasteiger partial charge in [0.05, 0.1) is 6.10 Å². The second-order valence-corrected chi connectivity index (χ2v) is 5.65. The van der Waals surface area contributed by atoms with Gasteiger partial charge in [-0.15, -0.1) is 0 Å². The molecule has 1 aliphatic carbocycles. The van der Waals surface area contributed by atoms with E-state index in [4.69, 9.17) is 9.47 Å². The average Bonchev–Trinajstić information content (AvgIpc) is 2.59. The van der Waals surface area contributed by atoms with Crippen molar-refractivity contribution in [2.45, 2.75) is 25.4 Å². The van der Waals surface area contributed by atoms with Crippen molar-refractivity contribution < 1.29 is 19.4 Å². The summed E-state index contributed by atoms with van der Waals surface area (Å²) in [6.45, 7) is 1.26. The second kappa shape index (κ2) is 6.83. The zero-order chi connectivity index (χ0) is 15.4. The molecule has 0 spiro atoms. The SMILES string of the molecule is O=C(NC[C@@H](O)c1ccc2c(c1)OCCO2)[C@@H]1CC=CCC1. The molecular formula is C17H21NO4. The lowest BCUT2D eigenvalue weighted by Crippen LogP contribution is -2.34. The number of nitrogens with one attached hydrogen (secondary N) is 1. The summed E-state index contributed by atoms with van der Waals surface area (Å²) < 4.78 is 11.0. The molecule has 118 valence electrons. The lowest BCUT2D eigenvalue weighted by atomic mass is 9.93. The Bertz CT molecular complexity index is 570. The van der Waals surface area contributed by atoms with Crippen molar-refractivity contribution >= 4 is 5.91 Å². The number of carbonyl (C=O) groups excluding carboxylic acids is 1. The Morgan fingerprint density at radius 3 is 2.86 bits per heavy atom. The van der Waals surface area contributed by atoms with Gasteiger partial charge in [0, 0.05) is 12.5 Å². The number of ether oxygens (including phenoxy) is 2. The molecule has 1 amide bonds. The molecule has 0 radical (unpaired) electrons. The fourth-order valence-electron chi connectivity index (χ4n) is 2.76. The number of amides is 1. The summed E-state index contributed by atoms with van der Waals surface area (Å²) in [6.07, 6.45) is 6.01. The standard InChI is InChI=1S/C17H21NO4/c19-14(11-18-17(20)12-4-2-1-3-5-12)13-6-7-15-16(10-13)22-9-8-21-15/h1-2,6-7,10,12,14,19H,3-5,8-9,11H2,(H,18,20)/t12-,14-/m1/s1. The van der Waals surface area contributed by atoms with Gasteiger partial charge in [0.1, 0.15) is 13.2 Å². The minimum Gasteiger partial charge on any atom is -0.486 e. The molecule has 2 atom stereocenters. The van der Waals surface area contributed by atoms with Crippen LogP contribution in [0.15, 0.2) is 30.4 Å². The van der Waals surface area contributed by atoms with E-state index in [2.05, 4.69) is 11.4 Å². The largest absolute Gasteiger partial charge is 0.486 e. The maximum atomic E-state index is 12.1. The molecule has 1 heterocycles. The van der Waals surface area contributed by atoms with E-state index in [9.17, 15) is 9.90 Å². The highest BCUT2D eigenvalue weighted by Gasteiger charge is 2.20. The van der Waals surface area contributed by atoms with Crippen molar-refractivity contribution in [3.63, 3.8) is 0 Å². The Morgan fingerprint density at radius 1 is 1.27 bits per heavy atom. The normalized spacial score (nSPS) is 21.2. The maximum absolute atomic E-state index is 12.1. The van der Waals surface area contributed by atoms with Crippen LogP contribution in [0.5, 0.6) is 11.5 Å². The first kappa shape index (κ1) is 14.9. The van der Waals surface area contributed by atoms with Crippen molar-refractivity contribution in [1.29, 1.82) is 0 Å². The third-order valence-electron chi connectivity index (χ3n) is 4.06. The van der Waals surface area contributed by atoms with Crippen LogP contribution in [0.4, 0.5) is 0 Å². The first-order valence-corrected chi connectivity index (χ1v) is 7.74. The van der Waals surface area contributed by atoms with E-state index in [-0.39, 0.29) is 18.4 Å². The molecule has 1 aliphatic heterocycles. The van der Waals surface area contributed by atoms with Crippen molar-refractivity contribution in [2.24, 2.45) is 5.92 Å². The molecule has 3 rings (SSSR count). The minimum atomic E-state index is -0.751. The third-order valence-corrected chi connectivity index (χ3v) is 4.06. The van der Waals surface area contributed by atoms with E-state index in [0.717, 1.165) is 19.3 Å². The third kappa shape index (κ3) is 3.42. The van der Waals surface area contributed by atoms with Crippen LogP contribution in [0, 0.1) is 5.92 Å². The van der Waals surface area contributed by atoms with Gasteiger partial charge < -0.3 is 19.9 Å². The lowest BCUT2D eigenvalue weighted by Gasteiger charge is -2.21. The minimum absolute atomic E-state index is 0.0148. The van der Waals surface area contributed by atoms with Gasteiger partial charge in [-0.3, -0.25) is 4.79 Å². The summed E-state index contributed by atoms with van der Waals surface area (Å²) in [4.78, 5) is 12.1. The molecule has 2 aliphatic rings. The summed E-state index contributed by atoms with van der Waals surface area (Å²) in [6, 6.07) is 5.36. The molecule has 22 heavy (non-hydrogen) atoms. The second-order valence-electron chi connectivity index (χ2n) is 5.65. The monoisotopic (exact) mass is 303 g/mol. The Morgan fingerprint density at radius 2 is 2.09 bits per heavy atom. The van der Waals surface area contributed by atoms with Crippen molar-refractivity contribution in [2.75, 3.05) is 19.8 Å².